The molecule has 4 aliphatic carbocycles. The minimum Gasteiger partial charge on any atom is -0.481 e. The fourth-order valence-electron chi connectivity index (χ4n) is 9.91. The summed E-state index contributed by atoms with van der Waals surface area (Å²) in [6, 6.07) is 0. The molecule has 1 spiro atoms. The van der Waals surface area contributed by atoms with Crippen molar-refractivity contribution < 1.29 is 43.8 Å². The minimum absolute atomic E-state index is 0.0989. The van der Waals surface area contributed by atoms with E-state index in [0.29, 0.717) is 12.8 Å². The Hall–Kier alpha value is -3.24. The fourth-order valence-corrected chi connectivity index (χ4v) is 10.2. The van der Waals surface area contributed by atoms with Crippen LogP contribution in [0.25, 0.3) is 0 Å². The zero-order valence-electron chi connectivity index (χ0n) is 26.0. The van der Waals surface area contributed by atoms with Gasteiger partial charge in [0.15, 0.2) is 23.1 Å². The highest BCUT2D eigenvalue weighted by atomic mass is 35.5. The Labute approximate surface area is 266 Å². The van der Waals surface area contributed by atoms with Crippen LogP contribution in [0.2, 0.25) is 0 Å². The molecule has 1 aliphatic heterocycles. The lowest BCUT2D eigenvalue weighted by Crippen LogP contribution is -2.54. The smallest absolute Gasteiger partial charge is 0.306 e. The first-order valence-corrected chi connectivity index (χ1v) is 16.2. The first kappa shape index (κ1) is 33.1. The van der Waals surface area contributed by atoms with Gasteiger partial charge in [-0.1, -0.05) is 69.4 Å². The number of carbonyl (C=O) groups excluding carboxylic acids is 6. The van der Waals surface area contributed by atoms with Crippen molar-refractivity contribution in [2.75, 3.05) is 0 Å². The van der Waals surface area contributed by atoms with Gasteiger partial charge < -0.3 is 10.2 Å². The largest absolute Gasteiger partial charge is 0.481 e. The van der Waals surface area contributed by atoms with Crippen LogP contribution >= 0.6 is 11.6 Å². The molecular formula is C34H40ClNO9. The van der Waals surface area contributed by atoms with Gasteiger partial charge in [0.25, 0.3) is 0 Å². The summed E-state index contributed by atoms with van der Waals surface area (Å²) in [5.74, 6) is -10.8. The van der Waals surface area contributed by atoms with Crippen molar-refractivity contribution in [3.05, 3.63) is 34.9 Å². The van der Waals surface area contributed by atoms with Crippen molar-refractivity contribution in [2.24, 2.45) is 45.8 Å². The van der Waals surface area contributed by atoms with Crippen LogP contribution in [-0.2, 0) is 33.6 Å². The number of ketones is 4. The van der Waals surface area contributed by atoms with E-state index in [0.717, 1.165) is 18.9 Å². The van der Waals surface area contributed by atoms with E-state index in [9.17, 15) is 39.0 Å². The number of carboxylic acids is 1. The number of Topliss-reactive ketones (excluding diaryl/α,β-unsaturated/α-hetero) is 3. The van der Waals surface area contributed by atoms with Crippen LogP contribution in [0, 0.1) is 45.8 Å². The Morgan fingerprint density at radius 3 is 2.29 bits per heavy atom. The first-order chi connectivity index (χ1) is 21.2. The summed E-state index contributed by atoms with van der Waals surface area (Å²) in [6.07, 6.45) is 7.80. The van der Waals surface area contributed by atoms with Crippen LogP contribution in [-0.4, -0.2) is 56.7 Å². The van der Waals surface area contributed by atoms with E-state index < -0.39 is 97.4 Å². The number of aliphatic carboxylic acids is 1. The van der Waals surface area contributed by atoms with E-state index in [1.165, 1.54) is 18.2 Å². The van der Waals surface area contributed by atoms with Gasteiger partial charge >= 0.3 is 5.97 Å². The Bertz CT molecular complexity index is 1510. The van der Waals surface area contributed by atoms with Gasteiger partial charge in [-0.25, -0.2) is 0 Å². The molecule has 11 heteroatoms. The van der Waals surface area contributed by atoms with Gasteiger partial charge in [-0.05, 0) is 63.4 Å². The molecule has 242 valence electrons. The van der Waals surface area contributed by atoms with Gasteiger partial charge in [0, 0.05) is 5.57 Å². The van der Waals surface area contributed by atoms with Crippen molar-refractivity contribution in [1.82, 2.24) is 5.32 Å². The monoisotopic (exact) mass is 641 g/mol. The van der Waals surface area contributed by atoms with Crippen LogP contribution in [0.1, 0.15) is 79.1 Å². The molecule has 1 heterocycles. The summed E-state index contributed by atoms with van der Waals surface area (Å²) in [7, 11) is 0. The molecule has 0 aromatic rings. The molecular weight excluding hydrogens is 602 g/mol. The average molecular weight is 642 g/mol. The highest BCUT2D eigenvalue weighted by molar-refractivity contribution is 6.56. The van der Waals surface area contributed by atoms with E-state index in [-0.39, 0.29) is 31.3 Å². The maximum absolute atomic E-state index is 15.4. The van der Waals surface area contributed by atoms with Crippen molar-refractivity contribution >= 4 is 52.5 Å². The van der Waals surface area contributed by atoms with Crippen molar-refractivity contribution in [3.8, 4) is 0 Å². The van der Waals surface area contributed by atoms with E-state index >= 15 is 4.79 Å². The molecule has 0 radical (unpaired) electrons. The third kappa shape index (κ3) is 3.87. The lowest BCUT2D eigenvalue weighted by Gasteiger charge is -2.39. The quantitative estimate of drug-likeness (QED) is 0.132. The van der Waals surface area contributed by atoms with Gasteiger partial charge in [-0.2, -0.15) is 0 Å². The number of nitrogens with one attached hydrogen (secondary N) is 1. The number of aliphatic hydroxyl groups is 1. The number of rotatable bonds is 11. The first-order valence-electron chi connectivity index (χ1n) is 15.9. The molecule has 5 aliphatic rings. The second-order valence-electron chi connectivity index (χ2n) is 13.5. The highest BCUT2D eigenvalue weighted by Crippen LogP contribution is 2.87. The van der Waals surface area contributed by atoms with E-state index in [1.807, 2.05) is 6.92 Å². The predicted octanol–water partition coefficient (Wildman–Crippen LogP) is 3.64. The molecule has 9 atom stereocenters. The summed E-state index contributed by atoms with van der Waals surface area (Å²) < 4.78 is 0. The molecule has 2 amide bonds. The SMILES string of the molecule is C/C=C/C(=O)C1(O)CC2CC(C(=O)O)CC(C)C2C1C(=O)C12C(=O)NC(=O)C1(CCCCCC)C21C(=O)C(Cl)=C(/C=C/C)C1=O. The van der Waals surface area contributed by atoms with Crippen molar-refractivity contribution in [2.45, 2.75) is 84.7 Å². The average Bonchev–Trinajstić information content (AvgIpc) is 3.19. The molecule has 0 aromatic heterocycles. The Morgan fingerprint density at radius 2 is 1.69 bits per heavy atom. The summed E-state index contributed by atoms with van der Waals surface area (Å²) in [5, 5.41) is 23.8. The number of hydrogen-bond donors (Lipinski definition) is 3. The van der Waals surface area contributed by atoms with Crippen molar-refractivity contribution in [1.29, 1.82) is 0 Å². The summed E-state index contributed by atoms with van der Waals surface area (Å²) >= 11 is 6.47. The van der Waals surface area contributed by atoms with E-state index in [2.05, 4.69) is 5.32 Å². The number of amides is 2. The normalized spacial score (nSPS) is 40.5. The second-order valence-corrected chi connectivity index (χ2v) is 13.9. The molecule has 1 saturated heterocycles. The molecule has 0 bridgehead atoms. The third-order valence-electron chi connectivity index (χ3n) is 11.5. The standard InChI is InChI=1S/C34H40ClNO9/c1-5-8-9-10-13-32-29(43)36-30(44)34(32,33(32)25(38)20(11-6-2)24(35)27(33)40)26(39)23-22-17(4)14-18(28(41)42)15-19(22)16-31(23,45)21(37)12-7-3/h6-7,11-12,17-19,22-23,45H,5,8-10,13-16H2,1-4H3,(H,41,42)(H,36,43,44)/b11-6+,12-7+. The number of carbonyl (C=O) groups is 7. The van der Waals surface area contributed by atoms with Crippen LogP contribution in [0.4, 0.5) is 0 Å². The molecule has 10 nitrogen and oxygen atoms in total. The lowest BCUT2D eigenvalue weighted by molar-refractivity contribution is -0.155. The van der Waals surface area contributed by atoms with Crippen LogP contribution < -0.4 is 5.32 Å². The number of allylic oxidation sites excluding steroid dienone is 5. The second kappa shape index (κ2) is 11.2. The maximum atomic E-state index is 15.4. The lowest BCUT2D eigenvalue weighted by atomic mass is 9.63. The fraction of sp³-hybridized carbons (Fsp3) is 0.618. The van der Waals surface area contributed by atoms with Crippen LogP contribution in [0.5, 0.6) is 0 Å². The zero-order valence-corrected chi connectivity index (χ0v) is 26.7. The molecule has 3 N–H and O–H groups in total. The molecule has 5 rings (SSSR count). The Kier molecular flexibility index (Phi) is 8.27. The number of hydrogen-bond acceptors (Lipinski definition) is 8. The van der Waals surface area contributed by atoms with Gasteiger partial charge in [0.1, 0.15) is 16.4 Å². The number of imide groups is 1. The summed E-state index contributed by atoms with van der Waals surface area (Å²) in [4.78, 5) is 97.7. The number of fused-ring (bicyclic) bond motifs is 4. The number of halogens is 1. The van der Waals surface area contributed by atoms with Gasteiger partial charge in [-0.15, -0.1) is 0 Å². The van der Waals surface area contributed by atoms with Crippen molar-refractivity contribution in [3.63, 3.8) is 0 Å². The molecule has 45 heavy (non-hydrogen) atoms. The topological polar surface area (TPSA) is 172 Å². The highest BCUT2D eigenvalue weighted by Gasteiger charge is 3.05. The maximum Gasteiger partial charge on any atom is 0.306 e. The van der Waals surface area contributed by atoms with Crippen LogP contribution in [0.15, 0.2) is 34.9 Å². The molecule has 0 aromatic carbocycles. The van der Waals surface area contributed by atoms with Gasteiger partial charge in [-0.3, -0.25) is 38.9 Å². The zero-order chi connectivity index (χ0) is 33.3. The van der Waals surface area contributed by atoms with E-state index in [4.69, 9.17) is 11.6 Å². The molecule has 9 unspecified atom stereocenters. The van der Waals surface area contributed by atoms with Gasteiger partial charge in [0.05, 0.1) is 22.3 Å². The third-order valence-corrected chi connectivity index (χ3v) is 11.9. The Morgan fingerprint density at radius 1 is 1.00 bits per heavy atom. The number of carboxylic acid groups (broad SMARTS) is 1. The van der Waals surface area contributed by atoms with Gasteiger partial charge in [0.2, 0.25) is 11.8 Å². The molecule has 3 saturated carbocycles. The van der Waals surface area contributed by atoms with Crippen LogP contribution in [0.3, 0.4) is 0 Å². The molecule has 4 fully saturated rings. The number of unbranched alkanes of at least 4 members (excludes halogenated alkanes) is 3. The summed E-state index contributed by atoms with van der Waals surface area (Å²) in [5.41, 5.74) is -9.58. The summed E-state index contributed by atoms with van der Waals surface area (Å²) in [6.45, 7) is 6.89. The van der Waals surface area contributed by atoms with E-state index in [1.54, 1.807) is 20.8 Å². The number of piperidine rings is 1. The Balaban J connectivity index is 1.74. The minimum atomic E-state index is -2.52. The predicted molar refractivity (Wildman–Crippen MR) is 161 cm³/mol.